The molecule has 8 heteroatoms. The summed E-state index contributed by atoms with van der Waals surface area (Å²) in [5.74, 6) is 0.301. The molecule has 0 bridgehead atoms. The van der Waals surface area contributed by atoms with E-state index < -0.39 is 0 Å². The maximum Gasteiger partial charge on any atom is 0.305 e. The third-order valence-corrected chi connectivity index (χ3v) is 5.49. The summed E-state index contributed by atoms with van der Waals surface area (Å²) in [6.07, 6.45) is 3.11. The van der Waals surface area contributed by atoms with Crippen molar-refractivity contribution in [2.24, 2.45) is 0 Å². The number of nitrogens with zero attached hydrogens (tertiary/aromatic N) is 5. The molecule has 1 aromatic carbocycles. The van der Waals surface area contributed by atoms with Crippen molar-refractivity contribution in [1.82, 2.24) is 24.8 Å². The highest BCUT2D eigenvalue weighted by Gasteiger charge is 2.18. The minimum Gasteiger partial charge on any atom is -0.469 e. The number of ketones is 1. The summed E-state index contributed by atoms with van der Waals surface area (Å²) < 4.78 is 6.82. The van der Waals surface area contributed by atoms with E-state index in [9.17, 15) is 9.59 Å². The average molecular weight is 424 g/mol. The molecule has 0 radical (unpaired) electrons. The fourth-order valence-corrected chi connectivity index (χ4v) is 3.70. The molecule has 0 saturated heterocycles. The van der Waals surface area contributed by atoms with E-state index in [0.717, 1.165) is 48.3 Å². The zero-order valence-electron chi connectivity index (χ0n) is 18.6. The molecule has 164 valence electrons. The van der Waals surface area contributed by atoms with E-state index in [4.69, 9.17) is 0 Å². The van der Waals surface area contributed by atoms with Gasteiger partial charge in [0.25, 0.3) is 0 Å². The van der Waals surface area contributed by atoms with Crippen LogP contribution in [0, 0.1) is 20.8 Å². The third kappa shape index (κ3) is 5.45. The molecule has 0 N–H and O–H groups in total. The van der Waals surface area contributed by atoms with Crippen LogP contribution in [0.5, 0.6) is 0 Å². The SMILES string of the molecule is COC(=O)CCCCCn1c(C)cc(C(=O)Cn2nnc(-c3ccccc3C)n2)c1C. The first-order valence-electron chi connectivity index (χ1n) is 10.5. The Bertz CT molecular complexity index is 1070. The highest BCUT2D eigenvalue weighted by molar-refractivity contribution is 5.97. The number of aryl methyl sites for hydroxylation is 2. The van der Waals surface area contributed by atoms with Gasteiger partial charge in [0.05, 0.1) is 7.11 Å². The molecular weight excluding hydrogens is 394 g/mol. The Hall–Kier alpha value is -3.29. The molecule has 0 fully saturated rings. The second-order valence-electron chi connectivity index (χ2n) is 7.70. The van der Waals surface area contributed by atoms with Crippen LogP contribution in [0.2, 0.25) is 0 Å². The van der Waals surface area contributed by atoms with Crippen LogP contribution in [-0.4, -0.2) is 43.6 Å². The van der Waals surface area contributed by atoms with E-state index >= 15 is 0 Å². The van der Waals surface area contributed by atoms with E-state index in [1.165, 1.54) is 11.9 Å². The van der Waals surface area contributed by atoms with Gasteiger partial charge in [-0.3, -0.25) is 9.59 Å². The van der Waals surface area contributed by atoms with E-state index in [2.05, 4.69) is 24.7 Å². The lowest BCUT2D eigenvalue weighted by molar-refractivity contribution is -0.140. The molecule has 2 heterocycles. The maximum atomic E-state index is 12.9. The van der Waals surface area contributed by atoms with Crippen molar-refractivity contribution in [3.05, 3.63) is 52.8 Å². The molecule has 0 saturated carbocycles. The minimum absolute atomic E-state index is 0.0428. The first kappa shape index (κ1) is 22.4. The molecule has 0 aliphatic heterocycles. The van der Waals surface area contributed by atoms with Crippen LogP contribution >= 0.6 is 0 Å². The fourth-order valence-electron chi connectivity index (χ4n) is 3.70. The normalized spacial score (nSPS) is 11.0. The van der Waals surface area contributed by atoms with Crippen LogP contribution in [0.1, 0.15) is 53.0 Å². The number of aromatic nitrogens is 5. The van der Waals surface area contributed by atoms with E-state index in [1.807, 2.05) is 51.1 Å². The van der Waals surface area contributed by atoms with Crippen molar-refractivity contribution >= 4 is 11.8 Å². The van der Waals surface area contributed by atoms with Gasteiger partial charge in [0.15, 0.2) is 5.78 Å². The van der Waals surface area contributed by atoms with Crippen molar-refractivity contribution in [2.75, 3.05) is 7.11 Å². The Kier molecular flexibility index (Phi) is 7.33. The van der Waals surface area contributed by atoms with Crippen molar-refractivity contribution in [1.29, 1.82) is 0 Å². The highest BCUT2D eigenvalue weighted by atomic mass is 16.5. The largest absolute Gasteiger partial charge is 0.469 e. The van der Waals surface area contributed by atoms with E-state index in [-0.39, 0.29) is 18.3 Å². The van der Waals surface area contributed by atoms with Crippen LogP contribution in [0.15, 0.2) is 30.3 Å². The summed E-state index contributed by atoms with van der Waals surface area (Å²) in [5, 5.41) is 12.6. The molecule has 0 amide bonds. The highest BCUT2D eigenvalue weighted by Crippen LogP contribution is 2.20. The molecule has 8 nitrogen and oxygen atoms in total. The standard InChI is InChI=1S/C23H29N5O3/c1-16-10-7-8-11-19(16)23-24-26-28(25-23)15-21(29)20-14-17(2)27(18(20)3)13-9-5-6-12-22(30)31-4/h7-8,10-11,14H,5-6,9,12-13,15H2,1-4H3. The fraction of sp³-hybridized carbons (Fsp3) is 0.435. The predicted molar refractivity (Wildman–Crippen MR) is 117 cm³/mol. The number of hydrogen-bond acceptors (Lipinski definition) is 6. The lowest BCUT2D eigenvalue weighted by Crippen LogP contribution is -2.14. The van der Waals surface area contributed by atoms with Gasteiger partial charge >= 0.3 is 5.97 Å². The Morgan fingerprint density at radius 2 is 1.84 bits per heavy atom. The van der Waals surface area contributed by atoms with Gasteiger partial charge in [-0.2, -0.15) is 4.80 Å². The van der Waals surface area contributed by atoms with Crippen molar-refractivity contribution in [3.8, 4) is 11.4 Å². The molecule has 0 aliphatic carbocycles. The summed E-state index contributed by atoms with van der Waals surface area (Å²) in [4.78, 5) is 25.5. The minimum atomic E-state index is -0.173. The predicted octanol–water partition coefficient (Wildman–Crippen LogP) is 3.68. The van der Waals surface area contributed by atoms with Gasteiger partial charge in [0, 0.05) is 35.5 Å². The Labute approximate surface area is 182 Å². The number of carbonyl (C=O) groups excluding carboxylic acids is 2. The summed E-state index contributed by atoms with van der Waals surface area (Å²) in [6, 6.07) is 9.74. The van der Waals surface area contributed by atoms with E-state index in [0.29, 0.717) is 17.8 Å². The van der Waals surface area contributed by atoms with Gasteiger partial charge in [0.1, 0.15) is 6.54 Å². The van der Waals surface area contributed by atoms with Crippen molar-refractivity contribution in [2.45, 2.75) is 59.5 Å². The summed E-state index contributed by atoms with van der Waals surface area (Å²) >= 11 is 0. The monoisotopic (exact) mass is 423 g/mol. The molecular formula is C23H29N5O3. The molecule has 0 atom stereocenters. The second-order valence-corrected chi connectivity index (χ2v) is 7.70. The molecule has 0 aliphatic rings. The van der Waals surface area contributed by atoms with Gasteiger partial charge in [-0.05, 0) is 50.5 Å². The number of Topliss-reactive ketones (excluding diaryl/α,β-unsaturated/α-hetero) is 1. The van der Waals surface area contributed by atoms with Crippen LogP contribution in [-0.2, 0) is 22.6 Å². The van der Waals surface area contributed by atoms with Crippen molar-refractivity contribution < 1.29 is 14.3 Å². The number of esters is 1. The molecule has 2 aromatic heterocycles. The van der Waals surface area contributed by atoms with Gasteiger partial charge in [-0.25, -0.2) is 0 Å². The quantitative estimate of drug-likeness (QED) is 0.281. The number of benzene rings is 1. The average Bonchev–Trinajstić information content (AvgIpc) is 3.32. The van der Waals surface area contributed by atoms with Gasteiger partial charge in [0.2, 0.25) is 5.82 Å². The lowest BCUT2D eigenvalue weighted by Gasteiger charge is -2.09. The van der Waals surface area contributed by atoms with Crippen LogP contribution < -0.4 is 0 Å². The topological polar surface area (TPSA) is 91.9 Å². The van der Waals surface area contributed by atoms with Crippen molar-refractivity contribution in [3.63, 3.8) is 0 Å². The van der Waals surface area contributed by atoms with Crippen LogP contribution in [0.4, 0.5) is 0 Å². The molecule has 0 unspecified atom stereocenters. The van der Waals surface area contributed by atoms with Crippen LogP contribution in [0.3, 0.4) is 0 Å². The smallest absolute Gasteiger partial charge is 0.305 e. The first-order chi connectivity index (χ1) is 14.9. The van der Waals surface area contributed by atoms with Gasteiger partial charge in [-0.15, -0.1) is 10.2 Å². The number of hydrogen-bond donors (Lipinski definition) is 0. The number of methoxy groups -OCH3 is 1. The Balaban J connectivity index is 1.62. The molecule has 3 aromatic rings. The number of tetrazole rings is 1. The number of ether oxygens (including phenoxy) is 1. The van der Waals surface area contributed by atoms with E-state index in [1.54, 1.807) is 0 Å². The van der Waals surface area contributed by atoms with Gasteiger partial charge < -0.3 is 9.30 Å². The Morgan fingerprint density at radius 1 is 1.06 bits per heavy atom. The zero-order chi connectivity index (χ0) is 22.4. The molecule has 31 heavy (non-hydrogen) atoms. The third-order valence-electron chi connectivity index (χ3n) is 5.49. The maximum absolute atomic E-state index is 12.9. The van der Waals surface area contributed by atoms with Gasteiger partial charge in [-0.1, -0.05) is 30.7 Å². The molecule has 0 spiro atoms. The Morgan fingerprint density at radius 3 is 2.58 bits per heavy atom. The summed E-state index contributed by atoms with van der Waals surface area (Å²) in [6.45, 7) is 6.81. The number of carbonyl (C=O) groups is 2. The summed E-state index contributed by atoms with van der Waals surface area (Å²) in [7, 11) is 1.41. The number of rotatable bonds is 10. The number of unbranched alkanes of at least 4 members (excludes halogenated alkanes) is 2. The zero-order valence-corrected chi connectivity index (χ0v) is 18.6. The summed E-state index contributed by atoms with van der Waals surface area (Å²) in [5.41, 5.74) is 4.63. The lowest BCUT2D eigenvalue weighted by atomic mass is 10.1. The van der Waals surface area contributed by atoms with Crippen LogP contribution in [0.25, 0.3) is 11.4 Å². The first-order valence-corrected chi connectivity index (χ1v) is 10.5. The molecule has 3 rings (SSSR count). The second kappa shape index (κ2) is 10.1.